The summed E-state index contributed by atoms with van der Waals surface area (Å²) in [5.74, 6) is 0. The van der Waals surface area contributed by atoms with E-state index in [4.69, 9.17) is 4.74 Å². The zero-order valence-corrected chi connectivity index (χ0v) is 10.1. The second-order valence-corrected chi connectivity index (χ2v) is 4.79. The Morgan fingerprint density at radius 2 is 1.88 bits per heavy atom. The van der Waals surface area contributed by atoms with Crippen LogP contribution in [0.1, 0.15) is 11.1 Å². The van der Waals surface area contributed by atoms with Crippen LogP contribution in [-0.2, 0) is 10.3 Å². The average Bonchev–Trinajstić information content (AvgIpc) is 3.11. The normalized spacial score (nSPS) is 23.1. The minimum Gasteiger partial charge on any atom is -0.359 e. The molecule has 2 aromatic rings. The maximum atomic E-state index is 5.66. The molecule has 2 heterocycles. The van der Waals surface area contributed by atoms with Gasteiger partial charge in [0, 0.05) is 22.4 Å². The van der Waals surface area contributed by atoms with Crippen molar-refractivity contribution in [3.63, 3.8) is 0 Å². The number of nitrogens with zero attached hydrogens (tertiary/aromatic N) is 1. The van der Waals surface area contributed by atoms with Gasteiger partial charge in [0.15, 0.2) is 0 Å². The number of ether oxygens (including phenoxy) is 1. The van der Waals surface area contributed by atoms with Gasteiger partial charge < -0.3 is 4.74 Å². The van der Waals surface area contributed by atoms with Gasteiger partial charge in [-0.05, 0) is 27.6 Å². The van der Waals surface area contributed by atoms with E-state index in [0.717, 1.165) is 16.6 Å². The summed E-state index contributed by atoms with van der Waals surface area (Å²) in [5.41, 5.74) is 2.03. The molecule has 1 aromatic heterocycles. The van der Waals surface area contributed by atoms with Crippen molar-refractivity contribution in [2.75, 3.05) is 6.61 Å². The summed E-state index contributed by atoms with van der Waals surface area (Å²) in [5, 5.41) is 0. The van der Waals surface area contributed by atoms with Crippen molar-refractivity contribution < 1.29 is 4.74 Å². The number of halogens is 1. The number of benzene rings is 1. The number of aromatic nitrogens is 1. The van der Waals surface area contributed by atoms with E-state index < -0.39 is 0 Å². The van der Waals surface area contributed by atoms with Gasteiger partial charge in [-0.3, -0.25) is 4.98 Å². The van der Waals surface area contributed by atoms with Gasteiger partial charge >= 0.3 is 0 Å². The summed E-state index contributed by atoms with van der Waals surface area (Å²) in [7, 11) is 0. The van der Waals surface area contributed by atoms with E-state index in [9.17, 15) is 0 Å². The lowest BCUT2D eigenvalue weighted by molar-refractivity contribution is 0.348. The highest BCUT2D eigenvalue weighted by molar-refractivity contribution is 9.10. The molecule has 0 saturated carbocycles. The molecule has 0 N–H and O–H groups in total. The van der Waals surface area contributed by atoms with Gasteiger partial charge in [0.05, 0.1) is 6.61 Å². The fourth-order valence-electron chi connectivity index (χ4n) is 1.91. The Morgan fingerprint density at radius 3 is 2.50 bits per heavy atom. The molecule has 1 fully saturated rings. The predicted molar refractivity (Wildman–Crippen MR) is 65.1 cm³/mol. The van der Waals surface area contributed by atoms with E-state index in [0.29, 0.717) is 0 Å². The molecule has 1 aliphatic rings. The fraction of sp³-hybridized carbons (Fsp3) is 0.154. The highest BCUT2D eigenvalue weighted by Gasteiger charge is 2.48. The molecule has 0 bridgehead atoms. The van der Waals surface area contributed by atoms with E-state index in [1.165, 1.54) is 5.56 Å². The van der Waals surface area contributed by atoms with Gasteiger partial charge in [0.25, 0.3) is 0 Å². The molecule has 1 saturated heterocycles. The minimum atomic E-state index is -0.266. The Kier molecular flexibility index (Phi) is 2.30. The molecule has 0 unspecified atom stereocenters. The number of hydrogen-bond acceptors (Lipinski definition) is 2. The molecule has 3 heteroatoms. The van der Waals surface area contributed by atoms with Crippen molar-refractivity contribution in [1.82, 2.24) is 4.98 Å². The SMILES string of the molecule is Brc1cncc([C@@]2(c3ccccc3)CO2)c1. The fourth-order valence-corrected chi connectivity index (χ4v) is 2.28. The van der Waals surface area contributed by atoms with Crippen LogP contribution in [0.2, 0.25) is 0 Å². The van der Waals surface area contributed by atoms with Gasteiger partial charge in [-0.1, -0.05) is 30.3 Å². The molecule has 1 aromatic carbocycles. The monoisotopic (exact) mass is 275 g/mol. The first-order valence-electron chi connectivity index (χ1n) is 5.12. The van der Waals surface area contributed by atoms with Crippen LogP contribution in [0.3, 0.4) is 0 Å². The van der Waals surface area contributed by atoms with Crippen molar-refractivity contribution >= 4 is 15.9 Å². The van der Waals surface area contributed by atoms with Gasteiger partial charge in [0.2, 0.25) is 0 Å². The highest BCUT2D eigenvalue weighted by Crippen LogP contribution is 2.45. The van der Waals surface area contributed by atoms with Crippen LogP contribution in [0.15, 0.2) is 53.3 Å². The molecule has 0 amide bonds. The van der Waals surface area contributed by atoms with Crippen LogP contribution in [0.25, 0.3) is 0 Å². The largest absolute Gasteiger partial charge is 0.359 e. The average molecular weight is 276 g/mol. The Balaban J connectivity index is 2.07. The summed E-state index contributed by atoms with van der Waals surface area (Å²) in [6, 6.07) is 12.3. The number of pyridine rings is 1. The second-order valence-electron chi connectivity index (χ2n) is 3.87. The van der Waals surface area contributed by atoms with Gasteiger partial charge in [-0.2, -0.15) is 0 Å². The van der Waals surface area contributed by atoms with Crippen molar-refractivity contribution in [1.29, 1.82) is 0 Å². The van der Waals surface area contributed by atoms with Crippen molar-refractivity contribution in [2.24, 2.45) is 0 Å². The van der Waals surface area contributed by atoms with Crippen molar-refractivity contribution in [2.45, 2.75) is 5.60 Å². The van der Waals surface area contributed by atoms with Gasteiger partial charge in [-0.25, -0.2) is 0 Å². The first-order valence-corrected chi connectivity index (χ1v) is 5.91. The molecule has 2 nitrogen and oxygen atoms in total. The molecule has 3 rings (SSSR count). The Bertz CT molecular complexity index is 508. The Labute approximate surface area is 102 Å². The van der Waals surface area contributed by atoms with Crippen LogP contribution in [-0.4, -0.2) is 11.6 Å². The topological polar surface area (TPSA) is 25.4 Å². The predicted octanol–water partition coefficient (Wildman–Crippen LogP) is 3.12. The second kappa shape index (κ2) is 3.68. The van der Waals surface area contributed by atoms with E-state index in [2.05, 4.69) is 39.1 Å². The molecular formula is C13H10BrNO. The summed E-state index contributed by atoms with van der Waals surface area (Å²) < 4.78 is 6.64. The third-order valence-electron chi connectivity index (χ3n) is 2.84. The standard InChI is InChI=1S/C13H10BrNO/c14-12-6-11(7-15-8-12)13(9-16-13)10-4-2-1-3-5-10/h1-8H,9H2/t13-/m0/s1. The number of rotatable bonds is 2. The van der Waals surface area contributed by atoms with E-state index >= 15 is 0 Å². The summed E-state index contributed by atoms with van der Waals surface area (Å²) >= 11 is 3.44. The smallest absolute Gasteiger partial charge is 0.143 e. The van der Waals surface area contributed by atoms with Crippen molar-refractivity contribution in [3.8, 4) is 0 Å². The Morgan fingerprint density at radius 1 is 1.12 bits per heavy atom. The minimum absolute atomic E-state index is 0.266. The zero-order valence-electron chi connectivity index (χ0n) is 8.56. The molecule has 16 heavy (non-hydrogen) atoms. The first kappa shape index (κ1) is 10.00. The molecule has 0 aliphatic carbocycles. The molecule has 1 aliphatic heterocycles. The van der Waals surface area contributed by atoms with Crippen LogP contribution < -0.4 is 0 Å². The number of hydrogen-bond donors (Lipinski definition) is 0. The van der Waals surface area contributed by atoms with Crippen LogP contribution in [0.4, 0.5) is 0 Å². The lowest BCUT2D eigenvalue weighted by Gasteiger charge is -2.12. The molecule has 0 radical (unpaired) electrons. The van der Waals surface area contributed by atoms with Crippen LogP contribution in [0, 0.1) is 0 Å². The zero-order chi connectivity index (χ0) is 11.0. The van der Waals surface area contributed by atoms with E-state index in [1.54, 1.807) is 6.20 Å². The lowest BCUT2D eigenvalue weighted by atomic mass is 9.93. The maximum Gasteiger partial charge on any atom is 0.143 e. The first-order chi connectivity index (χ1) is 7.81. The molecule has 0 spiro atoms. The summed E-state index contributed by atoms with van der Waals surface area (Å²) in [6.07, 6.45) is 3.65. The quantitative estimate of drug-likeness (QED) is 0.787. The number of epoxide rings is 1. The van der Waals surface area contributed by atoms with Crippen LogP contribution in [0.5, 0.6) is 0 Å². The van der Waals surface area contributed by atoms with Crippen molar-refractivity contribution in [3.05, 3.63) is 64.4 Å². The molecule has 80 valence electrons. The lowest BCUT2D eigenvalue weighted by Crippen LogP contribution is -2.10. The van der Waals surface area contributed by atoms with Crippen LogP contribution >= 0.6 is 15.9 Å². The summed E-state index contributed by atoms with van der Waals surface area (Å²) in [4.78, 5) is 4.19. The molecular weight excluding hydrogens is 266 g/mol. The van der Waals surface area contributed by atoms with Gasteiger partial charge in [-0.15, -0.1) is 0 Å². The highest BCUT2D eigenvalue weighted by atomic mass is 79.9. The summed E-state index contributed by atoms with van der Waals surface area (Å²) in [6.45, 7) is 0.731. The Hall–Kier alpha value is -1.19. The maximum absolute atomic E-state index is 5.66. The van der Waals surface area contributed by atoms with E-state index in [1.807, 2.05) is 24.4 Å². The third-order valence-corrected chi connectivity index (χ3v) is 3.28. The molecule has 1 atom stereocenters. The van der Waals surface area contributed by atoms with Gasteiger partial charge in [0.1, 0.15) is 5.60 Å². The van der Waals surface area contributed by atoms with E-state index in [-0.39, 0.29) is 5.60 Å². The third kappa shape index (κ3) is 1.56.